The summed E-state index contributed by atoms with van der Waals surface area (Å²) >= 11 is 0. The van der Waals surface area contributed by atoms with E-state index in [0.29, 0.717) is 11.5 Å². The maximum atomic E-state index is 3.83. The van der Waals surface area contributed by atoms with Crippen LogP contribution in [0.1, 0.15) is 0 Å². The first-order valence-corrected chi connectivity index (χ1v) is 3.03. The Morgan fingerprint density at radius 2 is 2.25 bits per heavy atom. The summed E-state index contributed by atoms with van der Waals surface area (Å²) < 4.78 is 0. The van der Waals surface area contributed by atoms with Crippen LogP contribution in [-0.2, 0) is 0 Å². The predicted molar refractivity (Wildman–Crippen MR) is 35.3 cm³/mol. The molecule has 7 heteroatoms. The summed E-state index contributed by atoms with van der Waals surface area (Å²) in [5.74, 6) is 0.382. The fourth-order valence-corrected chi connectivity index (χ4v) is 0.638. The van der Waals surface area contributed by atoms with E-state index in [4.69, 9.17) is 0 Å². The van der Waals surface area contributed by atoms with Crippen LogP contribution in [0.5, 0.6) is 0 Å². The van der Waals surface area contributed by atoms with E-state index in [9.17, 15) is 0 Å². The lowest BCUT2D eigenvalue weighted by Crippen LogP contribution is -1.96. The zero-order valence-corrected chi connectivity index (χ0v) is 5.79. The minimum Gasteiger partial charge on any atom is -0.215 e. The topological polar surface area (TPSA) is 90.2 Å². The van der Waals surface area contributed by atoms with Crippen LogP contribution in [0.4, 0.5) is 0 Å². The van der Waals surface area contributed by atoms with Gasteiger partial charge in [-0.1, -0.05) is 0 Å². The minimum absolute atomic E-state index is 0.382. The fourth-order valence-electron chi connectivity index (χ4n) is 0.638. The van der Waals surface area contributed by atoms with Gasteiger partial charge in [-0.05, 0) is 10.4 Å². The molecule has 0 unspecified atom stereocenters. The first kappa shape index (κ1) is 6.65. The van der Waals surface area contributed by atoms with E-state index in [1.807, 2.05) is 0 Å². The largest absolute Gasteiger partial charge is 0.215 e. The quantitative estimate of drug-likeness (QED) is 0.523. The van der Waals surface area contributed by atoms with Gasteiger partial charge in [0.2, 0.25) is 6.33 Å². The van der Waals surface area contributed by atoms with Gasteiger partial charge >= 0.3 is 0 Å². The van der Waals surface area contributed by atoms with E-state index in [2.05, 4.69) is 41.9 Å². The van der Waals surface area contributed by atoms with Gasteiger partial charge in [0.15, 0.2) is 11.5 Å². The Labute approximate surface area is 66.9 Å². The Bertz CT molecular complexity index is 309. The Morgan fingerprint density at radius 3 is 2.92 bits per heavy atom. The van der Waals surface area contributed by atoms with Crippen molar-refractivity contribution in [1.29, 1.82) is 0 Å². The molecular weight excluding hydrogens is 158 g/mol. The lowest BCUT2D eigenvalue weighted by Gasteiger charge is -1.91. The second-order valence-electron chi connectivity index (χ2n) is 1.82. The molecule has 0 bridgehead atoms. The van der Waals surface area contributed by atoms with E-state index >= 15 is 0 Å². The van der Waals surface area contributed by atoms with Crippen LogP contribution >= 0.6 is 0 Å². The molecule has 57 valence electrons. The summed E-state index contributed by atoms with van der Waals surface area (Å²) in [6, 6.07) is 0. The summed E-state index contributed by atoms with van der Waals surface area (Å²) in [4.78, 5) is 11.1. The first-order chi connectivity index (χ1) is 5.97. The van der Waals surface area contributed by atoms with Crippen LogP contribution in [0.3, 0.4) is 0 Å². The molecule has 2 aromatic heterocycles. The van der Waals surface area contributed by atoms with E-state index in [1.54, 1.807) is 0 Å². The third kappa shape index (κ3) is 1.19. The molecule has 0 aliphatic rings. The molecule has 12 heavy (non-hydrogen) atoms. The number of hydrogen-bond donors (Lipinski definition) is 0. The molecule has 0 aliphatic carbocycles. The molecule has 7 nitrogen and oxygen atoms in total. The molecule has 0 aliphatic heterocycles. The fraction of sp³-hybridized carbons (Fsp3) is 0. The van der Waals surface area contributed by atoms with E-state index in [-0.39, 0.29) is 0 Å². The molecular formula is C5H2N7. The second kappa shape index (κ2) is 2.91. The Kier molecular flexibility index (Phi) is 1.61. The van der Waals surface area contributed by atoms with Crippen molar-refractivity contribution >= 4 is 0 Å². The van der Waals surface area contributed by atoms with Gasteiger partial charge in [0.25, 0.3) is 0 Å². The highest BCUT2D eigenvalue weighted by atomic mass is 15.4. The normalized spacial score (nSPS) is 9.67. The van der Waals surface area contributed by atoms with Gasteiger partial charge in [0.05, 0.1) is 6.20 Å². The molecule has 0 saturated carbocycles. The van der Waals surface area contributed by atoms with Crippen molar-refractivity contribution < 1.29 is 0 Å². The number of aromatic nitrogens is 7. The summed E-state index contributed by atoms with van der Waals surface area (Å²) in [5, 5.41) is 13.8. The number of rotatable bonds is 1. The van der Waals surface area contributed by atoms with Crippen molar-refractivity contribution in [3.63, 3.8) is 0 Å². The third-order valence-corrected chi connectivity index (χ3v) is 1.10. The summed E-state index contributed by atoms with van der Waals surface area (Å²) in [5.41, 5.74) is 0.448. The van der Waals surface area contributed by atoms with Crippen molar-refractivity contribution in [3.8, 4) is 11.5 Å². The highest BCUT2D eigenvalue weighted by Gasteiger charge is 2.01. The van der Waals surface area contributed by atoms with Gasteiger partial charge in [-0.15, -0.1) is 10.2 Å². The monoisotopic (exact) mass is 160 g/mol. The van der Waals surface area contributed by atoms with E-state index in [1.165, 1.54) is 12.5 Å². The molecule has 2 aromatic rings. The molecule has 1 radical (unpaired) electrons. The Hall–Kier alpha value is -2.05. The van der Waals surface area contributed by atoms with E-state index < -0.39 is 0 Å². The zero-order chi connectivity index (χ0) is 8.23. The maximum absolute atomic E-state index is 3.83. The highest BCUT2D eigenvalue weighted by molar-refractivity contribution is 5.44. The lowest BCUT2D eigenvalue weighted by molar-refractivity contribution is 0.761. The Balaban J connectivity index is 2.46. The van der Waals surface area contributed by atoms with Crippen molar-refractivity contribution in [2.75, 3.05) is 0 Å². The second-order valence-corrected chi connectivity index (χ2v) is 1.82. The van der Waals surface area contributed by atoms with Gasteiger partial charge < -0.3 is 0 Å². The predicted octanol–water partition coefficient (Wildman–Crippen LogP) is -1.08. The highest BCUT2D eigenvalue weighted by Crippen LogP contribution is 2.03. The van der Waals surface area contributed by atoms with Gasteiger partial charge in [-0.3, -0.25) is 0 Å². The molecule has 2 rings (SSSR count). The first-order valence-electron chi connectivity index (χ1n) is 3.03. The van der Waals surface area contributed by atoms with Gasteiger partial charge in [-0.25, -0.2) is 15.0 Å². The minimum atomic E-state index is 0.382. The van der Waals surface area contributed by atoms with Crippen molar-refractivity contribution in [2.45, 2.75) is 0 Å². The lowest BCUT2D eigenvalue weighted by atomic mass is 10.4. The van der Waals surface area contributed by atoms with Crippen LogP contribution in [0.15, 0.2) is 12.5 Å². The molecule has 0 atom stereocenters. The van der Waals surface area contributed by atoms with Gasteiger partial charge in [-0.2, -0.15) is 0 Å². The van der Waals surface area contributed by atoms with Crippen LogP contribution in [0.2, 0.25) is 0 Å². The average Bonchev–Trinajstić information content (AvgIpc) is 2.21. The molecule has 0 N–H and O–H groups in total. The zero-order valence-electron chi connectivity index (χ0n) is 5.79. The van der Waals surface area contributed by atoms with Crippen LogP contribution in [0.25, 0.3) is 11.5 Å². The molecule has 0 saturated heterocycles. The summed E-state index contributed by atoms with van der Waals surface area (Å²) in [7, 11) is 0. The number of hydrogen-bond acceptors (Lipinski definition) is 7. The van der Waals surface area contributed by atoms with Crippen LogP contribution in [0, 0.1) is 6.33 Å². The Morgan fingerprint density at radius 1 is 1.25 bits per heavy atom. The third-order valence-electron chi connectivity index (χ3n) is 1.10. The SMILES string of the molecule is [c]1ncnc(-c2cnnnn2)n1. The number of nitrogens with zero attached hydrogens (tertiary/aromatic N) is 7. The van der Waals surface area contributed by atoms with Crippen LogP contribution in [-0.4, -0.2) is 35.6 Å². The summed E-state index contributed by atoms with van der Waals surface area (Å²) in [6.07, 6.45) is 5.12. The van der Waals surface area contributed by atoms with Gasteiger partial charge in [0.1, 0.15) is 6.33 Å². The van der Waals surface area contributed by atoms with E-state index in [0.717, 1.165) is 0 Å². The van der Waals surface area contributed by atoms with Crippen molar-refractivity contribution in [1.82, 2.24) is 35.6 Å². The van der Waals surface area contributed by atoms with Gasteiger partial charge in [0, 0.05) is 0 Å². The molecule has 0 fully saturated rings. The smallest absolute Gasteiger partial charge is 0.201 e. The standard InChI is InChI=1S/C5H2N7/c1-4(10-12-11-9-1)5-7-2-6-3-8-5/h1-2H. The van der Waals surface area contributed by atoms with Crippen molar-refractivity contribution in [2.24, 2.45) is 0 Å². The molecule has 0 spiro atoms. The molecule has 0 amide bonds. The summed E-state index contributed by atoms with van der Waals surface area (Å²) in [6.45, 7) is 0. The molecule has 2 heterocycles. The maximum Gasteiger partial charge on any atom is 0.201 e. The van der Waals surface area contributed by atoms with Crippen LogP contribution < -0.4 is 0 Å². The average molecular weight is 160 g/mol. The molecule has 0 aromatic carbocycles. The van der Waals surface area contributed by atoms with Crippen molar-refractivity contribution in [3.05, 3.63) is 18.9 Å².